The molecule has 0 saturated carbocycles. The van der Waals surface area contributed by atoms with Crippen LogP contribution in [0.3, 0.4) is 0 Å². The Kier molecular flexibility index (Phi) is 14.1. The summed E-state index contributed by atoms with van der Waals surface area (Å²) in [7, 11) is -2.84. The maximum Gasteiger partial charge on any atom is 0.469 e. The molecule has 0 rings (SSSR count). The molecule has 146 valence electrons. The highest BCUT2D eigenvalue weighted by Crippen LogP contribution is 2.35. The van der Waals surface area contributed by atoms with Gasteiger partial charge in [0.25, 0.3) is 0 Å². The molecule has 24 heavy (non-hydrogen) atoms. The first kappa shape index (κ1) is 23.9. The summed E-state index contributed by atoms with van der Waals surface area (Å²) in [5.74, 6) is 0. The number of phosphoric acid groups is 1. The lowest BCUT2D eigenvalue weighted by atomic mass is 10.4. The summed E-state index contributed by atoms with van der Waals surface area (Å²) in [6.07, 6.45) is -0.693. The maximum atomic E-state index is 10.6. The topological polar surface area (TPSA) is 113 Å². The molecule has 9 nitrogen and oxygen atoms in total. The molecule has 0 aliphatic carbocycles. The number of hydrogen-bond donors (Lipinski definition) is 2. The van der Waals surface area contributed by atoms with Crippen LogP contribution in [0.4, 0.5) is 0 Å². The first-order valence-corrected chi connectivity index (χ1v) is 9.39. The SMILES string of the molecule is COCCOCCOC(C)COC(C)COC(C)COP(=O)(O)O. The summed E-state index contributed by atoms with van der Waals surface area (Å²) in [6.45, 7) is 8.03. The zero-order valence-corrected chi connectivity index (χ0v) is 15.8. The van der Waals surface area contributed by atoms with E-state index in [0.29, 0.717) is 39.6 Å². The van der Waals surface area contributed by atoms with Gasteiger partial charge in [0.1, 0.15) is 0 Å². The fourth-order valence-electron chi connectivity index (χ4n) is 1.50. The van der Waals surface area contributed by atoms with Crippen LogP contribution in [0.25, 0.3) is 0 Å². The van der Waals surface area contributed by atoms with Crippen LogP contribution in [-0.2, 0) is 32.8 Å². The first-order chi connectivity index (χ1) is 11.2. The zero-order valence-electron chi connectivity index (χ0n) is 14.9. The second kappa shape index (κ2) is 14.1. The van der Waals surface area contributed by atoms with Gasteiger partial charge in [0.05, 0.1) is 64.6 Å². The highest BCUT2D eigenvalue weighted by Gasteiger charge is 2.17. The molecule has 0 aliphatic rings. The van der Waals surface area contributed by atoms with Crippen molar-refractivity contribution in [2.45, 2.75) is 39.1 Å². The molecule has 0 radical (unpaired) electrons. The van der Waals surface area contributed by atoms with Gasteiger partial charge in [0.15, 0.2) is 0 Å². The van der Waals surface area contributed by atoms with Crippen LogP contribution in [0.2, 0.25) is 0 Å². The molecule has 3 unspecified atom stereocenters. The van der Waals surface area contributed by atoms with E-state index >= 15 is 0 Å². The second-order valence-corrected chi connectivity index (χ2v) is 6.60. The smallest absolute Gasteiger partial charge is 0.382 e. The third-order valence-electron chi connectivity index (χ3n) is 2.77. The van der Waals surface area contributed by atoms with Gasteiger partial charge in [-0.3, -0.25) is 4.52 Å². The van der Waals surface area contributed by atoms with Crippen molar-refractivity contribution in [3.05, 3.63) is 0 Å². The molecule has 0 heterocycles. The summed E-state index contributed by atoms with van der Waals surface area (Å²) in [5.41, 5.74) is 0. The van der Waals surface area contributed by atoms with Crippen molar-refractivity contribution >= 4 is 7.82 Å². The van der Waals surface area contributed by atoms with Gasteiger partial charge in [0, 0.05) is 7.11 Å². The molecule has 0 aromatic heterocycles. The molecule has 0 spiro atoms. The van der Waals surface area contributed by atoms with Crippen LogP contribution in [0.1, 0.15) is 20.8 Å². The quantitative estimate of drug-likeness (QED) is 0.301. The molecule has 0 bridgehead atoms. The second-order valence-electron chi connectivity index (χ2n) is 5.36. The lowest BCUT2D eigenvalue weighted by molar-refractivity contribution is -0.0801. The molecule has 0 amide bonds. The predicted molar refractivity (Wildman–Crippen MR) is 86.9 cm³/mol. The molecule has 3 atom stereocenters. The molecule has 0 saturated heterocycles. The normalized spacial score (nSPS) is 16.1. The molecule has 0 aromatic carbocycles. The molecular weight excluding hydrogens is 343 g/mol. The standard InChI is InChI=1S/C14H31O9P/c1-12(20-8-7-19-6-5-18-4)9-21-13(2)10-22-14(3)11-23-24(15,16)17/h12-14H,5-11H2,1-4H3,(H2,15,16,17). The average molecular weight is 374 g/mol. The van der Waals surface area contributed by atoms with Crippen molar-refractivity contribution in [1.82, 2.24) is 0 Å². The van der Waals surface area contributed by atoms with Crippen molar-refractivity contribution in [2.75, 3.05) is 53.4 Å². The number of methoxy groups -OCH3 is 1. The Morgan fingerprint density at radius 3 is 1.83 bits per heavy atom. The van der Waals surface area contributed by atoms with Gasteiger partial charge in [-0.25, -0.2) is 4.57 Å². The van der Waals surface area contributed by atoms with Gasteiger partial charge in [-0.15, -0.1) is 0 Å². The minimum absolute atomic E-state index is 0.0751. The summed E-state index contributed by atoms with van der Waals surface area (Å²) >= 11 is 0. The Balaban J connectivity index is 3.59. The van der Waals surface area contributed by atoms with E-state index in [9.17, 15) is 4.57 Å². The van der Waals surface area contributed by atoms with Gasteiger partial charge in [-0.1, -0.05) is 0 Å². The van der Waals surface area contributed by atoms with E-state index in [1.165, 1.54) is 0 Å². The minimum atomic E-state index is -4.46. The van der Waals surface area contributed by atoms with E-state index < -0.39 is 13.9 Å². The number of rotatable bonds is 16. The zero-order chi connectivity index (χ0) is 18.4. The fourth-order valence-corrected chi connectivity index (χ4v) is 1.90. The van der Waals surface area contributed by atoms with Crippen LogP contribution < -0.4 is 0 Å². The maximum absolute atomic E-state index is 10.6. The van der Waals surface area contributed by atoms with Gasteiger partial charge in [-0.2, -0.15) is 0 Å². The van der Waals surface area contributed by atoms with Crippen LogP contribution in [0, 0.1) is 0 Å². The van der Waals surface area contributed by atoms with Gasteiger partial charge in [0.2, 0.25) is 0 Å². The van der Waals surface area contributed by atoms with Gasteiger partial charge in [-0.05, 0) is 20.8 Å². The van der Waals surface area contributed by atoms with Crippen LogP contribution >= 0.6 is 7.82 Å². The summed E-state index contributed by atoms with van der Waals surface area (Å²) in [4.78, 5) is 17.2. The molecule has 0 fully saturated rings. The van der Waals surface area contributed by atoms with Gasteiger partial charge >= 0.3 is 7.82 Å². The lowest BCUT2D eigenvalue weighted by Crippen LogP contribution is -2.27. The summed E-state index contributed by atoms with van der Waals surface area (Å²) in [5, 5.41) is 0. The van der Waals surface area contributed by atoms with Crippen molar-refractivity contribution < 1.29 is 42.6 Å². The Hall–Kier alpha value is -0.0900. The van der Waals surface area contributed by atoms with Gasteiger partial charge < -0.3 is 33.5 Å². The molecule has 2 N–H and O–H groups in total. The van der Waals surface area contributed by atoms with E-state index in [2.05, 4.69) is 4.52 Å². The lowest BCUT2D eigenvalue weighted by Gasteiger charge is -2.20. The largest absolute Gasteiger partial charge is 0.469 e. The highest BCUT2D eigenvalue weighted by molar-refractivity contribution is 7.46. The monoisotopic (exact) mass is 374 g/mol. The van der Waals surface area contributed by atoms with Crippen molar-refractivity contribution in [2.24, 2.45) is 0 Å². The van der Waals surface area contributed by atoms with Crippen LogP contribution in [-0.4, -0.2) is 81.5 Å². The minimum Gasteiger partial charge on any atom is -0.382 e. The van der Waals surface area contributed by atoms with Crippen molar-refractivity contribution in [3.8, 4) is 0 Å². The molecule has 0 aliphatic heterocycles. The molecule has 10 heteroatoms. The Morgan fingerprint density at radius 1 is 0.792 bits per heavy atom. The van der Waals surface area contributed by atoms with E-state index in [1.54, 1.807) is 14.0 Å². The van der Waals surface area contributed by atoms with E-state index in [4.69, 9.17) is 33.5 Å². The van der Waals surface area contributed by atoms with E-state index in [1.807, 2.05) is 13.8 Å². The molecular formula is C14H31O9P. The Morgan fingerprint density at radius 2 is 1.29 bits per heavy atom. The molecule has 0 aromatic rings. The van der Waals surface area contributed by atoms with Crippen molar-refractivity contribution in [3.63, 3.8) is 0 Å². The first-order valence-electron chi connectivity index (χ1n) is 7.86. The highest BCUT2D eigenvalue weighted by atomic mass is 31.2. The summed E-state index contributed by atoms with van der Waals surface area (Å²) < 4.78 is 41.6. The van der Waals surface area contributed by atoms with E-state index in [-0.39, 0.29) is 18.8 Å². The van der Waals surface area contributed by atoms with Crippen molar-refractivity contribution in [1.29, 1.82) is 0 Å². The van der Waals surface area contributed by atoms with Crippen LogP contribution in [0.5, 0.6) is 0 Å². The third-order valence-corrected chi connectivity index (χ3v) is 3.26. The number of ether oxygens (including phenoxy) is 5. The fraction of sp³-hybridized carbons (Fsp3) is 1.00. The predicted octanol–water partition coefficient (Wildman–Crippen LogP) is 0.974. The number of phosphoric ester groups is 1. The Bertz CT molecular complexity index is 336. The third kappa shape index (κ3) is 16.8. The van der Waals surface area contributed by atoms with E-state index in [0.717, 1.165) is 0 Å². The number of hydrogen-bond acceptors (Lipinski definition) is 7. The Labute approximate surface area is 143 Å². The average Bonchev–Trinajstić information content (AvgIpc) is 2.51. The van der Waals surface area contributed by atoms with Crippen LogP contribution in [0.15, 0.2) is 0 Å². The summed E-state index contributed by atoms with van der Waals surface area (Å²) in [6, 6.07) is 0.